The van der Waals surface area contributed by atoms with Gasteiger partial charge in [0, 0.05) is 17.1 Å². The van der Waals surface area contributed by atoms with Crippen LogP contribution in [-0.2, 0) is 0 Å². The van der Waals surface area contributed by atoms with Gasteiger partial charge in [-0.05, 0) is 36.5 Å². The van der Waals surface area contributed by atoms with E-state index in [2.05, 4.69) is 22.7 Å². The summed E-state index contributed by atoms with van der Waals surface area (Å²) in [7, 11) is 0. The lowest BCUT2D eigenvalue weighted by atomic mass is 10.2. The van der Waals surface area contributed by atoms with E-state index < -0.39 is 0 Å². The molecule has 0 saturated heterocycles. The van der Waals surface area contributed by atoms with Crippen LogP contribution in [0, 0.1) is 0 Å². The van der Waals surface area contributed by atoms with Crippen molar-refractivity contribution in [3.8, 4) is 0 Å². The van der Waals surface area contributed by atoms with Gasteiger partial charge < -0.3 is 5.32 Å². The van der Waals surface area contributed by atoms with Crippen molar-refractivity contribution in [1.29, 1.82) is 0 Å². The van der Waals surface area contributed by atoms with E-state index in [1.54, 1.807) is 30.3 Å². The first-order chi connectivity index (χ1) is 8.13. The molecule has 0 fully saturated rings. The standard InChI is InChI=1S/C11H12ClN3OS/c1-2-7-13-11(17)15-14-10(16)8-3-5-9(12)6-4-8/h2-6H,1,7H2,(H,14,16)(H2,13,15,17). The number of carbonyl (C=O) groups excluding carboxylic acids is 1. The molecular weight excluding hydrogens is 258 g/mol. The van der Waals surface area contributed by atoms with E-state index in [-0.39, 0.29) is 5.91 Å². The van der Waals surface area contributed by atoms with E-state index in [0.717, 1.165) is 0 Å². The molecule has 1 aromatic carbocycles. The Hall–Kier alpha value is -1.59. The molecule has 3 N–H and O–H groups in total. The molecular formula is C11H12ClN3OS. The first-order valence-corrected chi connectivity index (χ1v) is 5.62. The van der Waals surface area contributed by atoms with Gasteiger partial charge in [0.05, 0.1) is 0 Å². The highest BCUT2D eigenvalue weighted by molar-refractivity contribution is 7.80. The minimum Gasteiger partial charge on any atom is -0.358 e. The maximum atomic E-state index is 11.6. The molecule has 0 aliphatic rings. The van der Waals surface area contributed by atoms with Gasteiger partial charge in [-0.1, -0.05) is 17.7 Å². The summed E-state index contributed by atoms with van der Waals surface area (Å²) < 4.78 is 0. The van der Waals surface area contributed by atoms with Crippen LogP contribution in [0.25, 0.3) is 0 Å². The van der Waals surface area contributed by atoms with Crippen molar-refractivity contribution in [3.05, 3.63) is 47.5 Å². The summed E-state index contributed by atoms with van der Waals surface area (Å²) in [5.41, 5.74) is 5.52. The Morgan fingerprint density at radius 3 is 2.59 bits per heavy atom. The van der Waals surface area contributed by atoms with Crippen LogP contribution in [0.15, 0.2) is 36.9 Å². The number of rotatable bonds is 3. The minimum absolute atomic E-state index is 0.288. The van der Waals surface area contributed by atoms with Crippen LogP contribution in [-0.4, -0.2) is 17.6 Å². The monoisotopic (exact) mass is 269 g/mol. The van der Waals surface area contributed by atoms with E-state index in [9.17, 15) is 4.79 Å². The maximum Gasteiger partial charge on any atom is 0.269 e. The first-order valence-electron chi connectivity index (χ1n) is 4.84. The number of amides is 1. The van der Waals surface area contributed by atoms with Gasteiger partial charge in [-0.15, -0.1) is 6.58 Å². The summed E-state index contributed by atoms with van der Waals surface area (Å²) in [5.74, 6) is -0.288. The molecule has 0 saturated carbocycles. The summed E-state index contributed by atoms with van der Waals surface area (Å²) in [6, 6.07) is 6.54. The molecule has 0 radical (unpaired) electrons. The second-order valence-corrected chi connectivity index (χ2v) is 3.93. The molecule has 0 aliphatic heterocycles. The van der Waals surface area contributed by atoms with Crippen LogP contribution in [0.5, 0.6) is 0 Å². The summed E-state index contributed by atoms with van der Waals surface area (Å²) in [6.07, 6.45) is 1.66. The molecule has 0 aromatic heterocycles. The average molecular weight is 270 g/mol. The number of carbonyl (C=O) groups is 1. The molecule has 0 bridgehead atoms. The number of hydrogen-bond acceptors (Lipinski definition) is 2. The Balaban J connectivity index is 2.42. The van der Waals surface area contributed by atoms with Crippen LogP contribution in [0.4, 0.5) is 0 Å². The summed E-state index contributed by atoms with van der Waals surface area (Å²) in [5, 5.41) is 3.72. The van der Waals surface area contributed by atoms with E-state index >= 15 is 0 Å². The van der Waals surface area contributed by atoms with Crippen LogP contribution in [0.3, 0.4) is 0 Å². The lowest BCUT2D eigenvalue weighted by molar-refractivity contribution is 0.0943. The van der Waals surface area contributed by atoms with Gasteiger partial charge in [0.25, 0.3) is 5.91 Å². The number of nitrogens with one attached hydrogen (secondary N) is 3. The van der Waals surface area contributed by atoms with E-state index in [4.69, 9.17) is 23.8 Å². The van der Waals surface area contributed by atoms with Gasteiger partial charge in [-0.25, -0.2) is 0 Å². The fourth-order valence-electron chi connectivity index (χ4n) is 0.996. The SMILES string of the molecule is C=CCNC(=S)NNC(=O)c1ccc(Cl)cc1. The predicted molar refractivity (Wildman–Crippen MR) is 72.9 cm³/mol. The molecule has 0 atom stereocenters. The van der Waals surface area contributed by atoms with E-state index in [1.165, 1.54) is 0 Å². The minimum atomic E-state index is -0.288. The number of benzene rings is 1. The van der Waals surface area contributed by atoms with Crippen molar-refractivity contribution in [1.82, 2.24) is 16.2 Å². The highest BCUT2D eigenvalue weighted by Crippen LogP contribution is 2.08. The van der Waals surface area contributed by atoms with Crippen LogP contribution in [0.2, 0.25) is 5.02 Å². The average Bonchev–Trinajstić information content (AvgIpc) is 2.34. The number of thiocarbonyl (C=S) groups is 1. The highest BCUT2D eigenvalue weighted by Gasteiger charge is 2.04. The zero-order valence-electron chi connectivity index (χ0n) is 9.00. The van der Waals surface area contributed by atoms with Crippen molar-refractivity contribution in [3.63, 3.8) is 0 Å². The van der Waals surface area contributed by atoms with Gasteiger partial charge in [0.15, 0.2) is 5.11 Å². The normalized spacial score (nSPS) is 9.24. The van der Waals surface area contributed by atoms with E-state index in [0.29, 0.717) is 22.2 Å². The van der Waals surface area contributed by atoms with Crippen LogP contribution < -0.4 is 16.2 Å². The Morgan fingerprint density at radius 1 is 1.35 bits per heavy atom. The largest absolute Gasteiger partial charge is 0.358 e. The third-order valence-electron chi connectivity index (χ3n) is 1.80. The van der Waals surface area contributed by atoms with Crippen molar-refractivity contribution in [2.45, 2.75) is 0 Å². The van der Waals surface area contributed by atoms with Gasteiger partial charge in [-0.3, -0.25) is 15.6 Å². The molecule has 1 rings (SSSR count). The van der Waals surface area contributed by atoms with Gasteiger partial charge in [0.2, 0.25) is 0 Å². The second kappa shape index (κ2) is 6.88. The fourth-order valence-corrected chi connectivity index (χ4v) is 1.26. The molecule has 6 heteroatoms. The third kappa shape index (κ3) is 4.84. The molecule has 0 spiro atoms. The molecule has 17 heavy (non-hydrogen) atoms. The lowest BCUT2D eigenvalue weighted by Gasteiger charge is -2.10. The van der Waals surface area contributed by atoms with Gasteiger partial charge in [-0.2, -0.15) is 0 Å². The maximum absolute atomic E-state index is 11.6. The zero-order valence-corrected chi connectivity index (χ0v) is 10.6. The highest BCUT2D eigenvalue weighted by atomic mass is 35.5. The first kappa shape index (κ1) is 13.5. The Labute approximate surface area is 110 Å². The molecule has 0 aliphatic carbocycles. The smallest absolute Gasteiger partial charge is 0.269 e. The van der Waals surface area contributed by atoms with Crippen LogP contribution >= 0.6 is 23.8 Å². The fraction of sp³-hybridized carbons (Fsp3) is 0.0909. The number of hydrazine groups is 1. The lowest BCUT2D eigenvalue weighted by Crippen LogP contribution is -2.46. The van der Waals surface area contributed by atoms with Crippen molar-refractivity contribution < 1.29 is 4.79 Å². The molecule has 1 amide bonds. The molecule has 1 aromatic rings. The van der Waals surface area contributed by atoms with Crippen molar-refractivity contribution in [2.24, 2.45) is 0 Å². The molecule has 0 heterocycles. The molecule has 4 nitrogen and oxygen atoms in total. The third-order valence-corrected chi connectivity index (χ3v) is 2.30. The molecule has 90 valence electrons. The van der Waals surface area contributed by atoms with Crippen molar-refractivity contribution >= 4 is 34.8 Å². The second-order valence-electron chi connectivity index (χ2n) is 3.08. The van der Waals surface area contributed by atoms with Crippen molar-refractivity contribution in [2.75, 3.05) is 6.54 Å². The van der Waals surface area contributed by atoms with Crippen LogP contribution in [0.1, 0.15) is 10.4 Å². The summed E-state index contributed by atoms with van der Waals surface area (Å²) in [4.78, 5) is 11.6. The quantitative estimate of drug-likeness (QED) is 0.444. The Morgan fingerprint density at radius 2 is 2.00 bits per heavy atom. The topological polar surface area (TPSA) is 53.2 Å². The van der Waals surface area contributed by atoms with E-state index in [1.807, 2.05) is 0 Å². The summed E-state index contributed by atoms with van der Waals surface area (Å²) in [6.45, 7) is 4.06. The molecule has 0 unspecified atom stereocenters. The predicted octanol–water partition coefficient (Wildman–Crippen LogP) is 1.63. The Bertz CT molecular complexity index is 419. The van der Waals surface area contributed by atoms with Gasteiger partial charge in [0.1, 0.15) is 0 Å². The number of halogens is 1. The van der Waals surface area contributed by atoms with Gasteiger partial charge >= 0.3 is 0 Å². The summed E-state index contributed by atoms with van der Waals surface area (Å²) >= 11 is 10.6. The zero-order chi connectivity index (χ0) is 12.7. The Kier molecular flexibility index (Phi) is 5.45. The number of hydrogen-bond donors (Lipinski definition) is 3.